The Morgan fingerprint density at radius 1 is 1.41 bits per heavy atom. The minimum Gasteiger partial charge on any atom is -0.397 e. The van der Waals surface area contributed by atoms with Crippen LogP contribution in [-0.2, 0) is 12.6 Å². The van der Waals surface area contributed by atoms with E-state index in [1.54, 1.807) is 0 Å². The van der Waals surface area contributed by atoms with Gasteiger partial charge in [-0.15, -0.1) is 0 Å². The van der Waals surface area contributed by atoms with E-state index in [1.807, 2.05) is 0 Å². The minimum atomic E-state index is -4.90. The highest BCUT2D eigenvalue weighted by atomic mass is 19.4. The highest BCUT2D eigenvalue weighted by molar-refractivity contribution is 5.53. The second-order valence-electron chi connectivity index (χ2n) is 3.09. The minimum absolute atomic E-state index is 0.519. The third-order valence-electron chi connectivity index (χ3n) is 1.99. The lowest BCUT2D eigenvalue weighted by Crippen LogP contribution is -2.16. The summed E-state index contributed by atoms with van der Waals surface area (Å²) in [4.78, 5) is 3.14. The Labute approximate surface area is 92.7 Å². The molecule has 0 saturated carbocycles. The third-order valence-corrected chi connectivity index (χ3v) is 1.99. The van der Waals surface area contributed by atoms with Gasteiger partial charge in [-0.05, 0) is 0 Å². The third kappa shape index (κ3) is 2.61. The zero-order valence-corrected chi connectivity index (χ0v) is 8.22. The van der Waals surface area contributed by atoms with Crippen LogP contribution in [0.2, 0.25) is 0 Å². The number of hydrogen-bond acceptors (Lipinski definition) is 3. The van der Waals surface area contributed by atoms with Crippen molar-refractivity contribution in [1.29, 1.82) is 5.26 Å². The molecule has 2 N–H and O–H groups in total. The van der Waals surface area contributed by atoms with Crippen LogP contribution < -0.4 is 5.73 Å². The quantitative estimate of drug-likeness (QED) is 0.822. The standard InChI is InChI=1S/C9H6F5N3/c10-8(11)7-4(1-2-15)6(9(12,13)14)5(16)3-17-7/h3,8H,1,16H2. The van der Waals surface area contributed by atoms with Crippen molar-refractivity contribution in [2.24, 2.45) is 0 Å². The molecule has 92 valence electrons. The SMILES string of the molecule is N#CCc1c(C(F)F)ncc(N)c1C(F)(F)F. The van der Waals surface area contributed by atoms with Gasteiger partial charge in [-0.1, -0.05) is 0 Å². The van der Waals surface area contributed by atoms with Gasteiger partial charge in [0.05, 0.1) is 29.9 Å². The Hall–Kier alpha value is -1.91. The number of aromatic nitrogens is 1. The van der Waals surface area contributed by atoms with Gasteiger partial charge in [-0.3, -0.25) is 4.98 Å². The maximum Gasteiger partial charge on any atom is 0.418 e. The number of nitrogens with zero attached hydrogens (tertiary/aromatic N) is 2. The molecule has 1 rings (SSSR count). The molecule has 0 amide bonds. The summed E-state index contributed by atoms with van der Waals surface area (Å²) in [7, 11) is 0. The fourth-order valence-electron chi connectivity index (χ4n) is 1.36. The monoisotopic (exact) mass is 251 g/mol. The van der Waals surface area contributed by atoms with Gasteiger partial charge >= 0.3 is 6.18 Å². The van der Waals surface area contributed by atoms with Crippen molar-refractivity contribution in [2.75, 3.05) is 5.73 Å². The van der Waals surface area contributed by atoms with Gasteiger partial charge in [0.25, 0.3) is 6.43 Å². The predicted molar refractivity (Wildman–Crippen MR) is 47.9 cm³/mol. The smallest absolute Gasteiger partial charge is 0.397 e. The summed E-state index contributed by atoms with van der Waals surface area (Å²) >= 11 is 0. The van der Waals surface area contributed by atoms with Crippen molar-refractivity contribution in [2.45, 2.75) is 19.0 Å². The lowest BCUT2D eigenvalue weighted by Gasteiger charge is -2.16. The summed E-state index contributed by atoms with van der Waals surface area (Å²) in [6.07, 6.45) is -8.40. The summed E-state index contributed by atoms with van der Waals surface area (Å²) in [5, 5.41) is 8.38. The highest BCUT2D eigenvalue weighted by Gasteiger charge is 2.38. The van der Waals surface area contributed by atoms with Crippen molar-refractivity contribution in [3.63, 3.8) is 0 Å². The number of nitrogen functional groups attached to an aromatic ring is 1. The topological polar surface area (TPSA) is 62.7 Å². The highest BCUT2D eigenvalue weighted by Crippen LogP contribution is 2.38. The zero-order valence-electron chi connectivity index (χ0n) is 8.22. The van der Waals surface area contributed by atoms with Crippen LogP contribution in [0.3, 0.4) is 0 Å². The van der Waals surface area contributed by atoms with Crippen molar-refractivity contribution in [1.82, 2.24) is 4.98 Å². The first-order chi connectivity index (χ1) is 7.79. The van der Waals surface area contributed by atoms with E-state index in [-0.39, 0.29) is 0 Å². The predicted octanol–water partition coefficient (Wildman–Crippen LogP) is 2.69. The lowest BCUT2D eigenvalue weighted by atomic mass is 10.0. The van der Waals surface area contributed by atoms with Crippen LogP contribution in [0.25, 0.3) is 0 Å². The van der Waals surface area contributed by atoms with E-state index in [9.17, 15) is 22.0 Å². The van der Waals surface area contributed by atoms with E-state index in [1.165, 1.54) is 6.07 Å². The fourth-order valence-corrected chi connectivity index (χ4v) is 1.36. The first-order valence-corrected chi connectivity index (χ1v) is 4.28. The first kappa shape index (κ1) is 13.2. The number of hydrogen-bond donors (Lipinski definition) is 1. The average Bonchev–Trinajstić information content (AvgIpc) is 2.15. The van der Waals surface area contributed by atoms with Crippen LogP contribution in [0.1, 0.15) is 23.2 Å². The summed E-state index contributed by atoms with van der Waals surface area (Å²) in [6, 6.07) is 1.39. The van der Waals surface area contributed by atoms with Crippen LogP contribution in [-0.4, -0.2) is 4.98 Å². The maximum atomic E-state index is 12.6. The number of pyridine rings is 1. The molecule has 0 bridgehead atoms. The van der Waals surface area contributed by atoms with Crippen LogP contribution >= 0.6 is 0 Å². The van der Waals surface area contributed by atoms with Crippen molar-refractivity contribution in [3.05, 3.63) is 23.0 Å². The van der Waals surface area contributed by atoms with Gasteiger partial charge in [-0.2, -0.15) is 18.4 Å². The molecule has 1 aromatic heterocycles. The molecule has 0 saturated heterocycles. The van der Waals surface area contributed by atoms with E-state index < -0.39 is 41.5 Å². The van der Waals surface area contributed by atoms with Gasteiger partial charge in [-0.25, -0.2) is 8.78 Å². The molecule has 1 heterocycles. The molecule has 0 radical (unpaired) electrons. The van der Waals surface area contributed by atoms with E-state index in [4.69, 9.17) is 11.0 Å². The molecule has 0 aromatic carbocycles. The summed E-state index contributed by atoms with van der Waals surface area (Å²) in [5.41, 5.74) is 0.959. The molecule has 8 heteroatoms. The molecule has 0 aliphatic rings. The average molecular weight is 251 g/mol. The van der Waals surface area contributed by atoms with Crippen molar-refractivity contribution < 1.29 is 22.0 Å². The summed E-state index contributed by atoms with van der Waals surface area (Å²) < 4.78 is 62.8. The Kier molecular flexibility index (Phi) is 3.50. The Morgan fingerprint density at radius 3 is 2.41 bits per heavy atom. The molecule has 0 aliphatic heterocycles. The van der Waals surface area contributed by atoms with Crippen LogP contribution in [0, 0.1) is 11.3 Å². The van der Waals surface area contributed by atoms with Gasteiger partial charge in [0.2, 0.25) is 0 Å². The number of nitriles is 1. The molecule has 0 fully saturated rings. The molecule has 0 unspecified atom stereocenters. The fraction of sp³-hybridized carbons (Fsp3) is 0.333. The van der Waals surface area contributed by atoms with Crippen LogP contribution in [0.5, 0.6) is 0 Å². The van der Waals surface area contributed by atoms with E-state index in [2.05, 4.69) is 4.98 Å². The van der Waals surface area contributed by atoms with Gasteiger partial charge in [0.1, 0.15) is 5.69 Å². The first-order valence-electron chi connectivity index (χ1n) is 4.28. The summed E-state index contributed by atoms with van der Waals surface area (Å²) in [6.45, 7) is 0. The normalized spacial score (nSPS) is 11.6. The number of alkyl halides is 5. The van der Waals surface area contributed by atoms with Gasteiger partial charge in [0.15, 0.2) is 0 Å². The van der Waals surface area contributed by atoms with Crippen LogP contribution in [0.4, 0.5) is 27.6 Å². The molecule has 0 aliphatic carbocycles. The van der Waals surface area contributed by atoms with E-state index in [0.29, 0.717) is 6.20 Å². The van der Waals surface area contributed by atoms with E-state index >= 15 is 0 Å². The van der Waals surface area contributed by atoms with Crippen LogP contribution in [0.15, 0.2) is 6.20 Å². The second kappa shape index (κ2) is 4.53. The van der Waals surface area contributed by atoms with Gasteiger partial charge < -0.3 is 5.73 Å². The molecule has 1 aromatic rings. The number of anilines is 1. The van der Waals surface area contributed by atoms with E-state index in [0.717, 1.165) is 0 Å². The number of rotatable bonds is 2. The summed E-state index contributed by atoms with van der Waals surface area (Å²) in [5.74, 6) is 0. The van der Waals surface area contributed by atoms with Crippen molar-refractivity contribution in [3.8, 4) is 6.07 Å². The molecule has 3 nitrogen and oxygen atoms in total. The maximum absolute atomic E-state index is 12.6. The lowest BCUT2D eigenvalue weighted by molar-refractivity contribution is -0.137. The second-order valence-corrected chi connectivity index (χ2v) is 3.09. The molecule has 0 atom stereocenters. The van der Waals surface area contributed by atoms with Crippen molar-refractivity contribution >= 4 is 5.69 Å². The number of nitrogens with two attached hydrogens (primary N) is 1. The molecule has 17 heavy (non-hydrogen) atoms. The Bertz CT molecular complexity index is 461. The Balaban J connectivity index is 3.56. The van der Waals surface area contributed by atoms with Gasteiger partial charge in [0, 0.05) is 5.56 Å². The zero-order chi connectivity index (χ0) is 13.2. The molecular formula is C9H6F5N3. The number of halogens is 5. The largest absolute Gasteiger partial charge is 0.418 e. The Morgan fingerprint density at radius 2 is 2.00 bits per heavy atom. The molecule has 0 spiro atoms. The molecular weight excluding hydrogens is 245 g/mol.